The Balaban J connectivity index is 1.31. The average molecular weight is 463 g/mol. The number of urea groups is 1. The van der Waals surface area contributed by atoms with Gasteiger partial charge in [-0.1, -0.05) is 33.5 Å². The van der Waals surface area contributed by atoms with E-state index in [1.807, 2.05) is 0 Å². The Morgan fingerprint density at radius 2 is 1.53 bits per heavy atom. The first-order valence-corrected chi connectivity index (χ1v) is 11.1. The maximum atomic E-state index is 14.0. The van der Waals surface area contributed by atoms with Gasteiger partial charge in [-0.15, -0.1) is 0 Å². The Labute approximate surface area is 187 Å². The summed E-state index contributed by atoms with van der Waals surface area (Å²) in [6.45, 7) is 2.21. The molecule has 0 bridgehead atoms. The summed E-state index contributed by atoms with van der Waals surface area (Å²) in [4.78, 5) is 28.7. The van der Waals surface area contributed by atoms with Gasteiger partial charge in [0.25, 0.3) is 11.6 Å². The minimum Gasteiger partial charge on any atom is -0.338 e. The number of alkyl halides is 2. The summed E-state index contributed by atoms with van der Waals surface area (Å²) in [6, 6.07) is 11.2. The molecule has 1 N–H and O–H groups in total. The van der Waals surface area contributed by atoms with Crippen LogP contribution in [0, 0.1) is 11.2 Å². The van der Waals surface area contributed by atoms with Gasteiger partial charge in [0.15, 0.2) is 0 Å². The third kappa shape index (κ3) is 4.75. The van der Waals surface area contributed by atoms with E-state index in [1.165, 1.54) is 45.6 Å². The van der Waals surface area contributed by atoms with Gasteiger partial charge >= 0.3 is 6.03 Å². The zero-order chi connectivity index (χ0) is 22.9. The second-order valence-electron chi connectivity index (χ2n) is 8.57. The van der Waals surface area contributed by atoms with Crippen LogP contribution in [0.4, 0.5) is 23.7 Å². The normalized spacial score (nSPS) is 18.1. The van der Waals surface area contributed by atoms with Crippen LogP contribution in [0.1, 0.15) is 35.2 Å². The van der Waals surface area contributed by atoms with E-state index in [2.05, 4.69) is 5.32 Å². The van der Waals surface area contributed by atoms with Crippen LogP contribution in [0.15, 0.2) is 48.5 Å². The molecule has 2 fully saturated rings. The van der Waals surface area contributed by atoms with Crippen molar-refractivity contribution in [2.24, 2.45) is 5.41 Å². The molecule has 9 heteroatoms. The van der Waals surface area contributed by atoms with Crippen molar-refractivity contribution < 1.29 is 22.8 Å². The van der Waals surface area contributed by atoms with Crippen LogP contribution in [0.25, 0.3) is 0 Å². The number of piperidine rings is 1. The number of amides is 3. The number of likely N-dealkylation sites (tertiary alicyclic amines) is 2. The number of nitrogens with zero attached hydrogens (tertiary/aromatic N) is 2. The lowest BCUT2D eigenvalue weighted by Gasteiger charge is -2.39. The number of rotatable bonds is 3. The van der Waals surface area contributed by atoms with Crippen LogP contribution in [0.3, 0.4) is 0 Å². The maximum absolute atomic E-state index is 14.0. The third-order valence-corrected chi connectivity index (χ3v) is 6.80. The summed E-state index contributed by atoms with van der Waals surface area (Å²) in [5.74, 6) is -0.806. The van der Waals surface area contributed by atoms with Crippen LogP contribution in [0.2, 0.25) is 0 Å². The van der Waals surface area contributed by atoms with Gasteiger partial charge in [0.2, 0.25) is 0 Å². The predicted molar refractivity (Wildman–Crippen MR) is 119 cm³/mol. The second kappa shape index (κ2) is 8.74. The standard InChI is InChI=1S/C23H25F3N3O2P/c24-19-4-2-1-3-18(19)20(30)29-14-11-22(15-29)9-12-28(13-10-22)21(31)27-17-7-5-16(6-8-17)23(25,26)32/h1-8H,9-15,32H2,(H,27,31). The van der Waals surface area contributed by atoms with Crippen LogP contribution in [-0.4, -0.2) is 47.9 Å². The summed E-state index contributed by atoms with van der Waals surface area (Å²) in [7, 11) is 1.49. The van der Waals surface area contributed by atoms with Crippen molar-refractivity contribution in [3.63, 3.8) is 0 Å². The number of hydrogen-bond acceptors (Lipinski definition) is 2. The Bertz CT molecular complexity index is 1000. The first kappa shape index (κ1) is 22.6. The second-order valence-corrected chi connectivity index (χ2v) is 9.30. The first-order chi connectivity index (χ1) is 15.2. The highest BCUT2D eigenvalue weighted by molar-refractivity contribution is 7.17. The van der Waals surface area contributed by atoms with Gasteiger partial charge in [-0.25, -0.2) is 9.18 Å². The lowest BCUT2D eigenvalue weighted by molar-refractivity contribution is 0.0735. The zero-order valence-corrected chi connectivity index (χ0v) is 18.6. The number of carbonyl (C=O) groups excluding carboxylic acids is 2. The number of anilines is 1. The van der Waals surface area contributed by atoms with Crippen molar-refractivity contribution in [2.45, 2.75) is 24.9 Å². The van der Waals surface area contributed by atoms with Gasteiger partial charge in [-0.05, 0) is 48.9 Å². The molecular weight excluding hydrogens is 438 g/mol. The molecule has 0 aromatic heterocycles. The topological polar surface area (TPSA) is 52.7 Å². The quantitative estimate of drug-likeness (QED) is 0.658. The number of benzene rings is 2. The Morgan fingerprint density at radius 1 is 0.938 bits per heavy atom. The highest BCUT2D eigenvalue weighted by Gasteiger charge is 2.43. The molecule has 170 valence electrons. The van der Waals surface area contributed by atoms with E-state index in [0.29, 0.717) is 31.9 Å². The van der Waals surface area contributed by atoms with E-state index >= 15 is 0 Å². The van der Waals surface area contributed by atoms with Gasteiger partial charge in [-0.3, -0.25) is 4.79 Å². The van der Waals surface area contributed by atoms with Crippen LogP contribution in [0.5, 0.6) is 0 Å². The summed E-state index contributed by atoms with van der Waals surface area (Å²) in [6.07, 6.45) is 2.33. The minimum absolute atomic E-state index is 0.0658. The number of halogens is 3. The molecule has 2 heterocycles. The Kier molecular flexibility index (Phi) is 6.17. The Hall–Kier alpha value is -2.60. The molecule has 0 saturated carbocycles. The van der Waals surface area contributed by atoms with Gasteiger partial charge in [0.1, 0.15) is 5.82 Å². The fourth-order valence-electron chi connectivity index (χ4n) is 4.48. The number of carbonyl (C=O) groups is 2. The molecular formula is C23H25F3N3O2P. The molecule has 2 aliphatic heterocycles. The molecule has 3 amide bonds. The molecule has 2 saturated heterocycles. The van der Waals surface area contributed by atoms with E-state index in [1.54, 1.807) is 21.9 Å². The molecule has 2 aromatic carbocycles. The van der Waals surface area contributed by atoms with E-state index in [9.17, 15) is 22.8 Å². The average Bonchev–Trinajstić information content (AvgIpc) is 3.17. The molecule has 0 aliphatic carbocycles. The van der Waals surface area contributed by atoms with Crippen molar-refractivity contribution >= 4 is 26.9 Å². The molecule has 2 aliphatic rings. The fourth-order valence-corrected chi connectivity index (χ4v) is 4.68. The molecule has 1 atom stereocenters. The van der Waals surface area contributed by atoms with Crippen molar-refractivity contribution in [1.29, 1.82) is 0 Å². The SMILES string of the molecule is O=C(Nc1ccc(C(F)(F)P)cc1)N1CCC2(CC1)CCN(C(=O)c1ccccc1F)C2. The molecule has 32 heavy (non-hydrogen) atoms. The molecule has 0 radical (unpaired) electrons. The summed E-state index contributed by atoms with van der Waals surface area (Å²) < 4.78 is 40.6. The molecule has 2 aromatic rings. The lowest BCUT2D eigenvalue weighted by atomic mass is 9.78. The summed E-state index contributed by atoms with van der Waals surface area (Å²) >= 11 is 0. The molecule has 1 unspecified atom stereocenters. The highest BCUT2D eigenvalue weighted by atomic mass is 31.0. The van der Waals surface area contributed by atoms with Gasteiger partial charge < -0.3 is 15.1 Å². The van der Waals surface area contributed by atoms with Crippen LogP contribution >= 0.6 is 9.24 Å². The number of hydrogen-bond donors (Lipinski definition) is 1. The van der Waals surface area contributed by atoms with Gasteiger partial charge in [0, 0.05) is 37.4 Å². The smallest absolute Gasteiger partial charge is 0.321 e. The van der Waals surface area contributed by atoms with Gasteiger partial charge in [-0.2, -0.15) is 8.78 Å². The van der Waals surface area contributed by atoms with E-state index < -0.39 is 11.5 Å². The van der Waals surface area contributed by atoms with Crippen molar-refractivity contribution in [3.05, 3.63) is 65.5 Å². The molecule has 1 spiro atoms. The van der Waals surface area contributed by atoms with E-state index in [4.69, 9.17) is 0 Å². The van der Waals surface area contributed by atoms with Crippen molar-refractivity contribution in [2.75, 3.05) is 31.5 Å². The van der Waals surface area contributed by atoms with Crippen LogP contribution in [-0.2, 0) is 5.66 Å². The monoisotopic (exact) mass is 463 g/mol. The zero-order valence-electron chi connectivity index (χ0n) is 17.5. The highest BCUT2D eigenvalue weighted by Crippen LogP contribution is 2.41. The Morgan fingerprint density at radius 3 is 2.12 bits per heavy atom. The number of nitrogens with one attached hydrogen (secondary N) is 1. The minimum atomic E-state index is -3.01. The summed E-state index contributed by atoms with van der Waals surface area (Å²) in [5, 5.41) is 2.75. The third-order valence-electron chi connectivity index (χ3n) is 6.46. The fraction of sp³-hybridized carbons (Fsp3) is 0.391. The van der Waals surface area contributed by atoms with Gasteiger partial charge in [0.05, 0.1) is 5.56 Å². The largest absolute Gasteiger partial charge is 0.338 e. The lowest BCUT2D eigenvalue weighted by Crippen LogP contribution is -2.46. The van der Waals surface area contributed by atoms with Crippen molar-refractivity contribution in [1.82, 2.24) is 9.80 Å². The van der Waals surface area contributed by atoms with E-state index in [-0.39, 0.29) is 28.5 Å². The molecule has 4 rings (SSSR count). The predicted octanol–water partition coefficient (Wildman–Crippen LogP) is 4.91. The molecule has 5 nitrogen and oxygen atoms in total. The summed E-state index contributed by atoms with van der Waals surface area (Å²) in [5.41, 5.74) is -2.67. The van der Waals surface area contributed by atoms with Crippen molar-refractivity contribution in [3.8, 4) is 0 Å². The maximum Gasteiger partial charge on any atom is 0.321 e. The van der Waals surface area contributed by atoms with Crippen LogP contribution < -0.4 is 5.32 Å². The van der Waals surface area contributed by atoms with E-state index in [0.717, 1.165) is 19.3 Å². The first-order valence-electron chi connectivity index (χ1n) is 10.5.